The van der Waals surface area contributed by atoms with Gasteiger partial charge in [-0.25, -0.2) is 4.39 Å². The van der Waals surface area contributed by atoms with Crippen molar-refractivity contribution in [3.05, 3.63) is 63.4 Å². The Bertz CT molecular complexity index is 658. The molecule has 20 heavy (non-hydrogen) atoms. The third-order valence-corrected chi connectivity index (χ3v) is 3.62. The summed E-state index contributed by atoms with van der Waals surface area (Å²) < 4.78 is 14.7. The molecule has 0 aromatic heterocycles. The van der Waals surface area contributed by atoms with Crippen molar-refractivity contribution in [1.82, 2.24) is 0 Å². The minimum atomic E-state index is -0.634. The zero-order valence-corrected chi connectivity index (χ0v) is 12.5. The number of amides is 1. The molecule has 0 aliphatic rings. The van der Waals surface area contributed by atoms with Crippen molar-refractivity contribution in [2.75, 3.05) is 5.32 Å². The number of nitrogens with one attached hydrogen (secondary N) is 1. The Kier molecular flexibility index (Phi) is 4.39. The van der Waals surface area contributed by atoms with E-state index in [0.717, 1.165) is 21.8 Å². The summed E-state index contributed by atoms with van der Waals surface area (Å²) in [4.78, 5) is 11.0. The van der Waals surface area contributed by atoms with Crippen LogP contribution in [0.3, 0.4) is 0 Å². The number of carbonyl (C=O) groups excluding carboxylic acids is 1. The lowest BCUT2D eigenvalue weighted by Gasteiger charge is -2.10. The van der Waals surface area contributed by atoms with E-state index in [1.165, 1.54) is 6.07 Å². The van der Waals surface area contributed by atoms with Gasteiger partial charge in [-0.15, -0.1) is 0 Å². The predicted molar refractivity (Wildman–Crippen MR) is 81.1 cm³/mol. The topological polar surface area (TPSA) is 55.1 Å². The van der Waals surface area contributed by atoms with Crippen molar-refractivity contribution in [2.24, 2.45) is 5.73 Å². The van der Waals surface area contributed by atoms with Gasteiger partial charge in [0.2, 0.25) is 5.91 Å². The molecule has 2 rings (SSSR count). The molecular formula is C15H14BrFN2O. The van der Waals surface area contributed by atoms with Gasteiger partial charge in [-0.3, -0.25) is 4.79 Å². The van der Waals surface area contributed by atoms with Crippen molar-refractivity contribution in [2.45, 2.75) is 13.5 Å². The fraction of sp³-hybridized carbons (Fsp3) is 0.133. The first-order valence-electron chi connectivity index (χ1n) is 6.05. The molecule has 0 fully saturated rings. The zero-order valence-electron chi connectivity index (χ0n) is 10.9. The van der Waals surface area contributed by atoms with Gasteiger partial charge in [0.05, 0.1) is 0 Å². The monoisotopic (exact) mass is 336 g/mol. The zero-order chi connectivity index (χ0) is 14.7. The van der Waals surface area contributed by atoms with Crippen LogP contribution in [0.4, 0.5) is 10.1 Å². The molecule has 2 aromatic carbocycles. The van der Waals surface area contributed by atoms with Crippen molar-refractivity contribution in [1.29, 1.82) is 0 Å². The second-order valence-corrected chi connectivity index (χ2v) is 5.36. The Morgan fingerprint density at radius 1 is 1.30 bits per heavy atom. The molecule has 3 nitrogen and oxygen atoms in total. The van der Waals surface area contributed by atoms with Gasteiger partial charge in [-0.05, 0) is 52.7 Å². The number of carbonyl (C=O) groups is 1. The second-order valence-electron chi connectivity index (χ2n) is 4.51. The van der Waals surface area contributed by atoms with Crippen LogP contribution in [0.15, 0.2) is 40.9 Å². The largest absolute Gasteiger partial charge is 0.380 e. The summed E-state index contributed by atoms with van der Waals surface area (Å²) in [5.74, 6) is -1.08. The van der Waals surface area contributed by atoms with E-state index in [9.17, 15) is 9.18 Å². The Labute approximate surface area is 125 Å². The molecule has 3 N–H and O–H groups in total. The lowest BCUT2D eigenvalue weighted by molar-refractivity contribution is 0.1000. The van der Waals surface area contributed by atoms with Gasteiger partial charge in [-0.1, -0.05) is 12.1 Å². The number of benzene rings is 2. The van der Waals surface area contributed by atoms with Crippen molar-refractivity contribution < 1.29 is 9.18 Å². The van der Waals surface area contributed by atoms with Crippen LogP contribution >= 0.6 is 15.9 Å². The second kappa shape index (κ2) is 6.05. The summed E-state index contributed by atoms with van der Waals surface area (Å²) in [5, 5.41) is 3.16. The molecule has 0 saturated heterocycles. The van der Waals surface area contributed by atoms with Crippen LogP contribution in [0.1, 0.15) is 21.5 Å². The van der Waals surface area contributed by atoms with E-state index in [2.05, 4.69) is 21.2 Å². The highest BCUT2D eigenvalue weighted by Crippen LogP contribution is 2.24. The smallest absolute Gasteiger partial charge is 0.248 e. The summed E-state index contributed by atoms with van der Waals surface area (Å²) in [5.41, 5.74) is 7.75. The van der Waals surface area contributed by atoms with Gasteiger partial charge >= 0.3 is 0 Å². The van der Waals surface area contributed by atoms with E-state index in [0.29, 0.717) is 12.1 Å². The molecule has 0 atom stereocenters. The van der Waals surface area contributed by atoms with Gasteiger partial charge in [-0.2, -0.15) is 0 Å². The van der Waals surface area contributed by atoms with E-state index >= 15 is 0 Å². The van der Waals surface area contributed by atoms with Crippen LogP contribution in [-0.2, 0) is 6.54 Å². The van der Waals surface area contributed by atoms with E-state index in [-0.39, 0.29) is 5.56 Å². The lowest BCUT2D eigenvalue weighted by Crippen LogP contribution is -2.12. The normalized spacial score (nSPS) is 10.3. The van der Waals surface area contributed by atoms with E-state index < -0.39 is 11.7 Å². The highest BCUT2D eigenvalue weighted by atomic mass is 79.9. The minimum Gasteiger partial charge on any atom is -0.380 e. The summed E-state index contributed by atoms with van der Waals surface area (Å²) in [6, 6.07) is 10.1. The summed E-state index contributed by atoms with van der Waals surface area (Å²) in [6.45, 7) is 2.31. The van der Waals surface area contributed by atoms with Gasteiger partial charge in [0.25, 0.3) is 0 Å². The van der Waals surface area contributed by atoms with Crippen LogP contribution in [0, 0.1) is 12.7 Å². The van der Waals surface area contributed by atoms with E-state index in [1.807, 2.05) is 25.1 Å². The average Bonchev–Trinajstić information content (AvgIpc) is 2.40. The maximum atomic E-state index is 13.8. The number of hydrogen-bond acceptors (Lipinski definition) is 2. The molecule has 0 aliphatic heterocycles. The van der Waals surface area contributed by atoms with Crippen LogP contribution in [0.5, 0.6) is 0 Å². The number of hydrogen-bond donors (Lipinski definition) is 2. The highest BCUT2D eigenvalue weighted by Gasteiger charge is 2.07. The average molecular weight is 337 g/mol. The van der Waals surface area contributed by atoms with Crippen LogP contribution < -0.4 is 11.1 Å². The van der Waals surface area contributed by atoms with Crippen LogP contribution in [-0.4, -0.2) is 5.91 Å². The Morgan fingerprint density at radius 3 is 2.70 bits per heavy atom. The predicted octanol–water partition coefficient (Wildman–Crippen LogP) is 3.61. The van der Waals surface area contributed by atoms with Crippen molar-refractivity contribution in [3.63, 3.8) is 0 Å². The third kappa shape index (κ3) is 3.36. The number of rotatable bonds is 4. The molecule has 0 heterocycles. The minimum absolute atomic E-state index is 0.169. The number of primary amides is 1. The van der Waals surface area contributed by atoms with E-state index in [1.54, 1.807) is 6.07 Å². The Balaban J connectivity index is 2.15. The van der Waals surface area contributed by atoms with Crippen molar-refractivity contribution in [3.8, 4) is 0 Å². The number of anilines is 1. The summed E-state index contributed by atoms with van der Waals surface area (Å²) >= 11 is 3.44. The highest BCUT2D eigenvalue weighted by molar-refractivity contribution is 9.10. The standard InChI is InChI=1S/C15H14BrFN2O/c1-9-2-5-12(16)14(6-9)19-8-11-4-3-10(15(18)20)7-13(11)17/h2-7,19H,8H2,1H3,(H2,18,20). The quantitative estimate of drug-likeness (QED) is 0.896. The summed E-state index contributed by atoms with van der Waals surface area (Å²) in [6.07, 6.45) is 0. The fourth-order valence-electron chi connectivity index (χ4n) is 1.81. The van der Waals surface area contributed by atoms with E-state index in [4.69, 9.17) is 5.73 Å². The molecule has 0 spiro atoms. The molecule has 0 unspecified atom stereocenters. The SMILES string of the molecule is Cc1ccc(Br)c(NCc2ccc(C(N)=O)cc2F)c1. The molecule has 0 aliphatic carbocycles. The fourth-order valence-corrected chi connectivity index (χ4v) is 2.20. The molecule has 0 saturated carbocycles. The van der Waals surface area contributed by atoms with Gasteiger partial charge in [0.15, 0.2) is 0 Å². The Hall–Kier alpha value is -1.88. The number of halogens is 2. The van der Waals surface area contributed by atoms with Crippen LogP contribution in [0.2, 0.25) is 0 Å². The molecular weight excluding hydrogens is 323 g/mol. The molecule has 1 amide bonds. The van der Waals surface area contributed by atoms with Gasteiger partial charge in [0.1, 0.15) is 5.82 Å². The van der Waals surface area contributed by atoms with Gasteiger partial charge < -0.3 is 11.1 Å². The molecule has 0 bridgehead atoms. The maximum absolute atomic E-state index is 13.8. The first-order chi connectivity index (χ1) is 9.47. The first kappa shape index (κ1) is 14.5. The van der Waals surface area contributed by atoms with Crippen LogP contribution in [0.25, 0.3) is 0 Å². The lowest BCUT2D eigenvalue weighted by atomic mass is 10.1. The van der Waals surface area contributed by atoms with Crippen molar-refractivity contribution >= 4 is 27.5 Å². The number of nitrogens with two attached hydrogens (primary N) is 1. The number of aryl methyl sites for hydroxylation is 1. The molecule has 0 radical (unpaired) electrons. The third-order valence-electron chi connectivity index (χ3n) is 2.93. The maximum Gasteiger partial charge on any atom is 0.248 e. The first-order valence-corrected chi connectivity index (χ1v) is 6.85. The molecule has 104 valence electrons. The Morgan fingerprint density at radius 2 is 2.05 bits per heavy atom. The summed E-state index contributed by atoms with van der Waals surface area (Å²) in [7, 11) is 0. The van der Waals surface area contributed by atoms with Gasteiger partial charge in [0, 0.05) is 27.8 Å². The molecule has 5 heteroatoms. The molecule has 2 aromatic rings.